The second kappa shape index (κ2) is 38.3. The average molecular weight is 1090 g/mol. The first-order chi connectivity index (χ1) is 37.4. The summed E-state index contributed by atoms with van der Waals surface area (Å²) in [4.78, 5) is 18.0. The van der Waals surface area contributed by atoms with Gasteiger partial charge in [-0.3, -0.25) is 4.79 Å². The molecule has 4 rings (SSSR count). The summed E-state index contributed by atoms with van der Waals surface area (Å²) in [7, 11) is -5.94. The summed E-state index contributed by atoms with van der Waals surface area (Å²) in [5.74, 6) is 0.0787. The predicted octanol–water partition coefficient (Wildman–Crippen LogP) is 16.3. The molecule has 0 saturated carbocycles. The number of amides is 1. The fourth-order valence-electron chi connectivity index (χ4n) is 11.8. The number of aliphatic hydroxyl groups is 1. The van der Waals surface area contributed by atoms with Crippen LogP contribution in [0.25, 0.3) is 0 Å². The Balaban J connectivity index is 1.53. The van der Waals surface area contributed by atoms with Crippen LogP contribution >= 0.6 is 0 Å². The van der Waals surface area contributed by atoms with Crippen LogP contribution in [0.1, 0.15) is 228 Å². The van der Waals surface area contributed by atoms with Gasteiger partial charge in [-0.25, -0.2) is 0 Å². The molecule has 0 aliphatic rings. The van der Waals surface area contributed by atoms with Gasteiger partial charge >= 0.3 is 0 Å². The quantitative estimate of drug-likeness (QED) is 0.0353. The van der Waals surface area contributed by atoms with Gasteiger partial charge in [0.2, 0.25) is 0 Å². The largest absolute Gasteiger partial charge is 0.406 e. The fourth-order valence-corrected chi connectivity index (χ4v) is 21.0. The van der Waals surface area contributed by atoms with Crippen LogP contribution in [0.15, 0.2) is 121 Å². The third-order valence-electron chi connectivity index (χ3n) is 16.2. The Morgan fingerprint density at radius 1 is 0.429 bits per heavy atom. The molecule has 0 heterocycles. The third-order valence-corrected chi connectivity index (χ3v) is 26.2. The maximum absolute atomic E-state index is 15.9. The van der Waals surface area contributed by atoms with Crippen LogP contribution in [0.3, 0.4) is 0 Å². The lowest BCUT2D eigenvalue weighted by molar-refractivity contribution is -0.140. The number of unbranched alkanes of at least 4 members (excludes halogenated alkanes) is 24. The first kappa shape index (κ1) is 66.1. The minimum absolute atomic E-state index is 0.0787. The van der Waals surface area contributed by atoms with Crippen LogP contribution in [-0.4, -0.2) is 78.2 Å². The molecule has 4 aromatic rings. The normalized spacial score (nSPS) is 12.8. The number of nitrogens with zero attached hydrogens (tertiary/aromatic N) is 1. The maximum Gasteiger partial charge on any atom is 0.262 e. The topological polar surface area (TPSA) is 68.2 Å². The molecule has 8 heteroatoms. The molecule has 77 heavy (non-hydrogen) atoms. The van der Waals surface area contributed by atoms with Gasteiger partial charge in [0.05, 0.1) is 6.61 Å². The van der Waals surface area contributed by atoms with Crippen LogP contribution < -0.4 is 20.7 Å². The number of hydrogen-bond donors (Lipinski definition) is 1. The first-order valence-corrected chi connectivity index (χ1v) is 35.2. The number of carbonyl (C=O) groups is 1. The van der Waals surface area contributed by atoms with Gasteiger partial charge in [-0.1, -0.05) is 324 Å². The van der Waals surface area contributed by atoms with E-state index in [-0.39, 0.29) is 16.0 Å². The van der Waals surface area contributed by atoms with Crippen molar-refractivity contribution in [3.8, 4) is 0 Å². The van der Waals surface area contributed by atoms with Crippen molar-refractivity contribution in [2.24, 2.45) is 0 Å². The summed E-state index contributed by atoms with van der Waals surface area (Å²) in [5.41, 5.74) is 0. The molecular weight excluding hydrogens is 979 g/mol. The summed E-state index contributed by atoms with van der Waals surface area (Å²) >= 11 is 0. The molecule has 0 aliphatic carbocycles. The monoisotopic (exact) mass is 1090 g/mol. The van der Waals surface area contributed by atoms with E-state index in [9.17, 15) is 0 Å². The Labute approximate surface area is 474 Å². The minimum Gasteiger partial charge on any atom is -0.406 e. The Morgan fingerprint density at radius 2 is 0.766 bits per heavy atom. The van der Waals surface area contributed by atoms with E-state index in [2.05, 4.69) is 175 Å². The van der Waals surface area contributed by atoms with E-state index in [1.54, 1.807) is 0 Å². The molecule has 430 valence electrons. The summed E-state index contributed by atoms with van der Waals surface area (Å²) in [6.45, 7) is 19.4. The molecule has 0 spiro atoms. The molecule has 0 fully saturated rings. The minimum atomic E-state index is -3.09. The molecule has 1 unspecified atom stereocenters. The molecule has 4 aromatic carbocycles. The van der Waals surface area contributed by atoms with Crippen molar-refractivity contribution < 1.29 is 23.5 Å². The molecule has 0 radical (unpaired) electrons. The number of rotatable bonds is 44. The summed E-state index contributed by atoms with van der Waals surface area (Å²) in [6.07, 6.45) is 33.8. The Kier molecular flexibility index (Phi) is 32.9. The lowest BCUT2D eigenvalue weighted by Gasteiger charge is -2.45. The van der Waals surface area contributed by atoms with Crippen molar-refractivity contribution in [2.75, 3.05) is 39.5 Å². The molecule has 0 aliphatic heterocycles. The van der Waals surface area contributed by atoms with Crippen molar-refractivity contribution in [1.82, 2.24) is 4.90 Å². The molecule has 6 nitrogen and oxygen atoms in total. The molecule has 0 aromatic heterocycles. The number of aliphatic hydroxyl groups excluding tert-OH is 1. The van der Waals surface area contributed by atoms with Gasteiger partial charge in [0.1, 0.15) is 6.10 Å². The zero-order valence-electron chi connectivity index (χ0n) is 50.2. The van der Waals surface area contributed by atoms with E-state index in [4.69, 9.17) is 18.7 Å². The Hall–Kier alpha value is -3.38. The molecule has 1 N–H and O–H groups in total. The molecule has 0 saturated heterocycles. The van der Waals surface area contributed by atoms with Crippen LogP contribution in [-0.2, 0) is 18.4 Å². The number of hydrogen-bond acceptors (Lipinski definition) is 5. The van der Waals surface area contributed by atoms with Gasteiger partial charge in [0, 0.05) is 32.9 Å². The van der Waals surface area contributed by atoms with Gasteiger partial charge in [0.25, 0.3) is 22.5 Å². The summed E-state index contributed by atoms with van der Waals surface area (Å²) in [5, 5.41) is 13.5. The average Bonchev–Trinajstić information content (AvgIpc) is 3.47. The standard InChI is InChI=1S/C69H111NO5Si2/c1-8-9-10-11-12-13-14-15-18-21-24-27-30-45-59-73-60-46-56-70(57-61-74-76(68(2,3)4,62-47-35-31-36-48-62)63-49-37-32-38-50-63)67(72)66(55-43-28-25-22-19-16-17-20-23-26-29-44-58-71)75-77(69(5,6)7,64-51-39-33-40-52-64)65-53-41-34-42-54-65/h31-42,47-54,66,71H,8-30,43-46,55-61H2,1-7H3. The van der Waals surface area contributed by atoms with Crippen LogP contribution in [0.2, 0.25) is 10.1 Å². The second-order valence-electron chi connectivity index (χ2n) is 24.4. The number of ether oxygens (including phenoxy) is 1. The van der Waals surface area contributed by atoms with E-state index < -0.39 is 22.7 Å². The zero-order chi connectivity index (χ0) is 55.3. The van der Waals surface area contributed by atoms with Gasteiger partial charge in [-0.2, -0.15) is 0 Å². The smallest absolute Gasteiger partial charge is 0.262 e. The van der Waals surface area contributed by atoms with Gasteiger partial charge in [0.15, 0.2) is 0 Å². The molecule has 1 amide bonds. The highest BCUT2D eigenvalue weighted by molar-refractivity contribution is 7.00. The fraction of sp³-hybridized carbons (Fsp3) is 0.638. The van der Waals surface area contributed by atoms with E-state index in [1.807, 2.05) is 0 Å². The number of benzene rings is 4. The van der Waals surface area contributed by atoms with Crippen molar-refractivity contribution in [2.45, 2.75) is 244 Å². The third kappa shape index (κ3) is 23.0. The molecule has 1 atom stereocenters. The van der Waals surface area contributed by atoms with Crippen molar-refractivity contribution in [1.29, 1.82) is 0 Å². The zero-order valence-corrected chi connectivity index (χ0v) is 52.2. The van der Waals surface area contributed by atoms with E-state index in [0.29, 0.717) is 39.3 Å². The number of carbonyl (C=O) groups excluding carboxylic acids is 1. The van der Waals surface area contributed by atoms with Crippen molar-refractivity contribution in [3.05, 3.63) is 121 Å². The highest BCUT2D eigenvalue weighted by Crippen LogP contribution is 2.39. The van der Waals surface area contributed by atoms with Crippen molar-refractivity contribution in [3.63, 3.8) is 0 Å². The Morgan fingerprint density at radius 3 is 1.14 bits per heavy atom. The molecular formula is C69H111NO5Si2. The van der Waals surface area contributed by atoms with Gasteiger partial charge in [-0.05, 0) is 56.5 Å². The molecule has 0 bridgehead atoms. The Bertz CT molecular complexity index is 1960. The predicted molar refractivity (Wildman–Crippen MR) is 336 cm³/mol. The summed E-state index contributed by atoms with van der Waals surface area (Å²) in [6, 6.07) is 43.4. The van der Waals surface area contributed by atoms with E-state index in [0.717, 1.165) is 45.1 Å². The SMILES string of the molecule is CCCCCCCCCCCCCCCCOCCCN(CCO[Si](c1ccccc1)(c1ccccc1)C(C)(C)C)C(=O)C(CCCCCCCCCCCCCCO)O[Si](c1ccccc1)(c1ccccc1)C(C)(C)C. The van der Waals surface area contributed by atoms with Gasteiger partial charge in [-0.15, -0.1) is 0 Å². The lowest BCUT2D eigenvalue weighted by atomic mass is 10.0. The van der Waals surface area contributed by atoms with E-state index in [1.165, 1.54) is 156 Å². The van der Waals surface area contributed by atoms with Crippen LogP contribution in [0.4, 0.5) is 0 Å². The highest BCUT2D eigenvalue weighted by Gasteiger charge is 2.53. The highest BCUT2D eigenvalue weighted by atomic mass is 28.4. The van der Waals surface area contributed by atoms with Crippen molar-refractivity contribution >= 4 is 43.3 Å². The van der Waals surface area contributed by atoms with E-state index >= 15 is 4.79 Å². The van der Waals surface area contributed by atoms with Crippen LogP contribution in [0.5, 0.6) is 0 Å². The summed E-state index contributed by atoms with van der Waals surface area (Å²) < 4.78 is 21.7. The second-order valence-corrected chi connectivity index (χ2v) is 33.0. The first-order valence-electron chi connectivity index (χ1n) is 31.4. The van der Waals surface area contributed by atoms with Gasteiger partial charge < -0.3 is 23.6 Å². The maximum atomic E-state index is 15.9. The van der Waals surface area contributed by atoms with Crippen LogP contribution in [0, 0.1) is 0 Å². The lowest BCUT2D eigenvalue weighted by Crippen LogP contribution is -2.69.